The normalized spacial score (nSPS) is 15.8. The molecule has 1 fully saturated rings. The van der Waals surface area contributed by atoms with Gasteiger partial charge in [-0.05, 0) is 50.1 Å². The van der Waals surface area contributed by atoms with Crippen LogP contribution >= 0.6 is 0 Å². The van der Waals surface area contributed by atoms with Gasteiger partial charge in [0, 0.05) is 13.1 Å². The van der Waals surface area contributed by atoms with Gasteiger partial charge in [0.15, 0.2) is 6.61 Å². The number of carbonyl (C=O) groups is 2. The van der Waals surface area contributed by atoms with Crippen LogP contribution < -0.4 is 15.8 Å². The molecular formula is C19H23N3O6S. The third-order valence-electron chi connectivity index (χ3n) is 4.63. The molecule has 1 aromatic heterocycles. The van der Waals surface area contributed by atoms with Crippen LogP contribution in [0.15, 0.2) is 45.9 Å². The van der Waals surface area contributed by atoms with Gasteiger partial charge in [-0.2, -0.15) is 4.31 Å². The Morgan fingerprint density at radius 1 is 1.28 bits per heavy atom. The summed E-state index contributed by atoms with van der Waals surface area (Å²) in [5.74, 6) is -0.646. The molecule has 0 spiro atoms. The quantitative estimate of drug-likeness (QED) is 0.662. The Balaban J connectivity index is 1.70. The van der Waals surface area contributed by atoms with Gasteiger partial charge in [0.05, 0.1) is 22.8 Å². The largest absolute Gasteiger partial charge is 0.483 e. The summed E-state index contributed by atoms with van der Waals surface area (Å²) in [6, 6.07) is 6.96. The van der Waals surface area contributed by atoms with Crippen LogP contribution in [0.4, 0.5) is 0 Å². The number of amides is 2. The van der Waals surface area contributed by atoms with Gasteiger partial charge in [0.2, 0.25) is 10.0 Å². The minimum Gasteiger partial charge on any atom is -0.483 e. The van der Waals surface area contributed by atoms with Gasteiger partial charge >= 0.3 is 0 Å². The van der Waals surface area contributed by atoms with E-state index in [9.17, 15) is 18.0 Å². The molecule has 1 aliphatic rings. The number of furan rings is 1. The molecule has 3 rings (SSSR count). The predicted octanol–water partition coefficient (Wildman–Crippen LogP) is 1.42. The van der Waals surface area contributed by atoms with Gasteiger partial charge in [-0.1, -0.05) is 0 Å². The summed E-state index contributed by atoms with van der Waals surface area (Å²) < 4.78 is 37.4. The SMILES string of the molecule is C[C@H](NC(=O)COc1ccc(S(=O)(=O)N2CCCC2)cc1C(N)=O)c1ccco1. The number of ether oxygens (including phenoxy) is 1. The molecule has 3 N–H and O–H groups in total. The Morgan fingerprint density at radius 3 is 2.62 bits per heavy atom. The van der Waals surface area contributed by atoms with Crippen LogP contribution in [-0.4, -0.2) is 44.2 Å². The molecule has 1 aliphatic heterocycles. The van der Waals surface area contributed by atoms with Crippen LogP contribution in [0.2, 0.25) is 0 Å². The molecule has 9 nitrogen and oxygen atoms in total. The summed E-state index contributed by atoms with van der Waals surface area (Å²) in [6.45, 7) is 2.27. The lowest BCUT2D eigenvalue weighted by molar-refractivity contribution is -0.123. The number of carbonyl (C=O) groups excluding carboxylic acids is 2. The van der Waals surface area contributed by atoms with Crippen LogP contribution in [0.25, 0.3) is 0 Å². The zero-order valence-electron chi connectivity index (χ0n) is 16.0. The van der Waals surface area contributed by atoms with E-state index < -0.39 is 21.8 Å². The predicted molar refractivity (Wildman–Crippen MR) is 104 cm³/mol. The van der Waals surface area contributed by atoms with E-state index in [1.807, 2.05) is 0 Å². The number of primary amides is 1. The van der Waals surface area contributed by atoms with Crippen molar-refractivity contribution < 1.29 is 27.2 Å². The summed E-state index contributed by atoms with van der Waals surface area (Å²) in [7, 11) is -3.70. The van der Waals surface area contributed by atoms with Crippen molar-refractivity contribution in [3.8, 4) is 5.75 Å². The number of nitrogens with zero attached hydrogens (tertiary/aromatic N) is 1. The lowest BCUT2D eigenvalue weighted by Gasteiger charge is -2.17. The van der Waals surface area contributed by atoms with E-state index in [4.69, 9.17) is 14.9 Å². The molecular weight excluding hydrogens is 398 g/mol. The molecule has 1 saturated heterocycles. The monoisotopic (exact) mass is 421 g/mol. The average Bonchev–Trinajstić information content (AvgIpc) is 3.40. The maximum atomic E-state index is 12.7. The van der Waals surface area contributed by atoms with E-state index in [0.29, 0.717) is 18.8 Å². The first kappa shape index (κ1) is 20.9. The zero-order chi connectivity index (χ0) is 21.0. The standard InChI is InChI=1S/C19H23N3O6S/c1-13(16-5-4-10-27-16)21-18(23)12-28-17-7-6-14(11-15(17)19(20)24)29(25,26)22-8-2-3-9-22/h4-7,10-11,13H,2-3,8-9,12H2,1H3,(H2,20,24)(H,21,23)/t13-/m0/s1. The zero-order valence-corrected chi connectivity index (χ0v) is 16.8. The highest BCUT2D eigenvalue weighted by Crippen LogP contribution is 2.26. The van der Waals surface area contributed by atoms with Crippen molar-refractivity contribution in [2.24, 2.45) is 5.73 Å². The van der Waals surface area contributed by atoms with Crippen LogP contribution in [0.3, 0.4) is 0 Å². The molecule has 156 valence electrons. The van der Waals surface area contributed by atoms with Crippen LogP contribution in [-0.2, 0) is 14.8 Å². The first-order valence-electron chi connectivity index (χ1n) is 9.18. The molecule has 0 unspecified atom stereocenters. The van der Waals surface area contributed by atoms with Crippen LogP contribution in [0, 0.1) is 0 Å². The summed E-state index contributed by atoms with van der Waals surface area (Å²) in [5, 5.41) is 2.70. The first-order valence-corrected chi connectivity index (χ1v) is 10.6. The molecule has 1 aromatic carbocycles. The second kappa shape index (κ2) is 8.66. The Labute approximate surface area is 168 Å². The fourth-order valence-electron chi connectivity index (χ4n) is 3.10. The Bertz CT molecular complexity index is 981. The number of nitrogens with one attached hydrogen (secondary N) is 1. The van der Waals surface area contributed by atoms with Gasteiger partial charge in [0.1, 0.15) is 11.5 Å². The average molecular weight is 421 g/mol. The topological polar surface area (TPSA) is 132 Å². The third-order valence-corrected chi connectivity index (χ3v) is 6.52. The summed E-state index contributed by atoms with van der Waals surface area (Å²) in [6.07, 6.45) is 3.11. The van der Waals surface area contributed by atoms with Crippen molar-refractivity contribution in [3.05, 3.63) is 47.9 Å². The fourth-order valence-corrected chi connectivity index (χ4v) is 4.64. The second-order valence-corrected chi connectivity index (χ2v) is 8.66. The molecule has 0 aliphatic carbocycles. The number of rotatable bonds is 8. The van der Waals surface area contributed by atoms with Crippen molar-refractivity contribution in [1.29, 1.82) is 0 Å². The lowest BCUT2D eigenvalue weighted by Crippen LogP contribution is -2.31. The van der Waals surface area contributed by atoms with E-state index in [0.717, 1.165) is 12.8 Å². The Hall–Kier alpha value is -2.85. The van der Waals surface area contributed by atoms with Gasteiger partial charge in [-0.15, -0.1) is 0 Å². The van der Waals surface area contributed by atoms with Gasteiger partial charge in [0.25, 0.3) is 11.8 Å². The van der Waals surface area contributed by atoms with E-state index in [1.165, 1.54) is 28.8 Å². The van der Waals surface area contributed by atoms with E-state index in [1.54, 1.807) is 19.1 Å². The molecule has 29 heavy (non-hydrogen) atoms. The molecule has 10 heteroatoms. The Kier molecular flexibility index (Phi) is 6.23. The number of nitrogens with two attached hydrogens (primary N) is 1. The van der Waals surface area contributed by atoms with Crippen molar-refractivity contribution in [3.63, 3.8) is 0 Å². The van der Waals surface area contributed by atoms with Crippen LogP contribution in [0.1, 0.15) is 41.9 Å². The van der Waals surface area contributed by atoms with Gasteiger partial charge in [-0.25, -0.2) is 8.42 Å². The Morgan fingerprint density at radius 2 is 2.00 bits per heavy atom. The summed E-state index contributed by atoms with van der Waals surface area (Å²) in [5.41, 5.74) is 5.29. The molecule has 0 saturated carbocycles. The van der Waals surface area contributed by atoms with E-state index in [2.05, 4.69) is 5.32 Å². The lowest BCUT2D eigenvalue weighted by atomic mass is 10.2. The highest BCUT2D eigenvalue weighted by molar-refractivity contribution is 7.89. The number of hydrogen-bond acceptors (Lipinski definition) is 6. The number of hydrogen-bond donors (Lipinski definition) is 2. The molecule has 0 bridgehead atoms. The van der Waals surface area contributed by atoms with Crippen LogP contribution in [0.5, 0.6) is 5.75 Å². The minimum atomic E-state index is -3.70. The highest BCUT2D eigenvalue weighted by atomic mass is 32.2. The number of sulfonamides is 1. The summed E-state index contributed by atoms with van der Waals surface area (Å²) >= 11 is 0. The second-order valence-electron chi connectivity index (χ2n) is 6.73. The maximum Gasteiger partial charge on any atom is 0.258 e. The number of benzene rings is 1. The molecule has 0 radical (unpaired) electrons. The smallest absolute Gasteiger partial charge is 0.258 e. The maximum absolute atomic E-state index is 12.7. The first-order chi connectivity index (χ1) is 13.8. The van der Waals surface area contributed by atoms with E-state index in [-0.39, 0.29) is 28.9 Å². The minimum absolute atomic E-state index is 0.0311. The molecule has 2 amide bonds. The molecule has 2 heterocycles. The fraction of sp³-hybridized carbons (Fsp3) is 0.368. The van der Waals surface area contributed by atoms with Crippen molar-refractivity contribution in [2.45, 2.75) is 30.7 Å². The molecule has 2 aromatic rings. The van der Waals surface area contributed by atoms with Gasteiger partial charge < -0.3 is 20.2 Å². The third kappa shape index (κ3) is 4.77. The molecule has 1 atom stereocenters. The van der Waals surface area contributed by atoms with E-state index >= 15 is 0 Å². The van der Waals surface area contributed by atoms with Crippen molar-refractivity contribution in [2.75, 3.05) is 19.7 Å². The van der Waals surface area contributed by atoms with Crippen molar-refractivity contribution in [1.82, 2.24) is 9.62 Å². The van der Waals surface area contributed by atoms with Crippen molar-refractivity contribution >= 4 is 21.8 Å². The highest BCUT2D eigenvalue weighted by Gasteiger charge is 2.28. The summed E-state index contributed by atoms with van der Waals surface area (Å²) in [4.78, 5) is 23.9. The van der Waals surface area contributed by atoms with Gasteiger partial charge in [-0.3, -0.25) is 9.59 Å².